The predicted octanol–water partition coefficient (Wildman–Crippen LogP) is 2.34. The molecular formula is C11H10F3N3O2. The van der Waals surface area contributed by atoms with Gasteiger partial charge in [-0.05, 0) is 11.6 Å². The summed E-state index contributed by atoms with van der Waals surface area (Å²) in [6.07, 6.45) is -4.97. The number of aliphatic carboxylic acids is 1. The van der Waals surface area contributed by atoms with Gasteiger partial charge in [0.15, 0.2) is 0 Å². The van der Waals surface area contributed by atoms with Gasteiger partial charge in [0.2, 0.25) is 0 Å². The lowest BCUT2D eigenvalue weighted by Gasteiger charge is -2.17. The summed E-state index contributed by atoms with van der Waals surface area (Å²) < 4.78 is 38.4. The van der Waals surface area contributed by atoms with Crippen LogP contribution in [0.4, 0.5) is 13.2 Å². The van der Waals surface area contributed by atoms with Gasteiger partial charge in [-0.15, -0.1) is 10.2 Å². The second-order valence-electron chi connectivity index (χ2n) is 4.20. The van der Waals surface area contributed by atoms with Crippen molar-refractivity contribution in [1.82, 2.24) is 0 Å². The van der Waals surface area contributed by atoms with Gasteiger partial charge in [0.1, 0.15) is 0 Å². The molecule has 0 aromatic heterocycles. The van der Waals surface area contributed by atoms with Gasteiger partial charge in [-0.25, -0.2) is 0 Å². The Morgan fingerprint density at radius 1 is 1.42 bits per heavy atom. The Morgan fingerprint density at radius 3 is 2.53 bits per heavy atom. The first kappa shape index (κ1) is 13.5. The lowest BCUT2D eigenvalue weighted by atomic mass is 9.96. The summed E-state index contributed by atoms with van der Waals surface area (Å²) in [6, 6.07) is 4.42. The number of carbonyl (C=O) groups is 1. The van der Waals surface area contributed by atoms with Crippen molar-refractivity contribution in [3.63, 3.8) is 0 Å². The maximum Gasteiger partial charge on any atom is 0.442 e. The first-order chi connectivity index (χ1) is 8.76. The average molecular weight is 273 g/mol. The molecule has 1 heterocycles. The average Bonchev–Trinajstić information content (AvgIpc) is 3.08. The van der Waals surface area contributed by atoms with Gasteiger partial charge in [-0.3, -0.25) is 4.79 Å². The molecule has 102 valence electrons. The maximum atomic E-state index is 12.8. The Labute approximate surface area is 105 Å². The SMILES string of the molecule is N[C@H](CC(=O)O)c1cccc(C2(C(F)(F)F)N=N2)c1. The Balaban J connectivity index is 2.28. The third kappa shape index (κ3) is 2.43. The molecule has 1 aliphatic rings. The van der Waals surface area contributed by atoms with E-state index in [4.69, 9.17) is 10.8 Å². The van der Waals surface area contributed by atoms with E-state index in [0.717, 1.165) is 0 Å². The summed E-state index contributed by atoms with van der Waals surface area (Å²) in [6.45, 7) is 0. The van der Waals surface area contributed by atoms with E-state index in [0.29, 0.717) is 5.56 Å². The molecule has 0 aliphatic carbocycles. The van der Waals surface area contributed by atoms with Crippen LogP contribution >= 0.6 is 0 Å². The number of alkyl halides is 3. The molecule has 8 heteroatoms. The minimum Gasteiger partial charge on any atom is -0.481 e. The van der Waals surface area contributed by atoms with Crippen molar-refractivity contribution < 1.29 is 23.1 Å². The highest BCUT2D eigenvalue weighted by atomic mass is 19.4. The van der Waals surface area contributed by atoms with E-state index in [1.54, 1.807) is 0 Å². The Bertz CT molecular complexity index is 536. The van der Waals surface area contributed by atoms with Crippen molar-refractivity contribution in [3.05, 3.63) is 35.4 Å². The summed E-state index contributed by atoms with van der Waals surface area (Å²) in [5, 5.41) is 14.8. The Morgan fingerprint density at radius 2 is 2.05 bits per heavy atom. The van der Waals surface area contributed by atoms with E-state index in [1.165, 1.54) is 24.3 Å². The first-order valence-electron chi connectivity index (χ1n) is 5.35. The van der Waals surface area contributed by atoms with Crippen LogP contribution in [0.5, 0.6) is 0 Å². The van der Waals surface area contributed by atoms with E-state index in [2.05, 4.69) is 10.2 Å². The van der Waals surface area contributed by atoms with Gasteiger partial charge in [0.25, 0.3) is 0 Å². The van der Waals surface area contributed by atoms with Crippen LogP contribution in [-0.4, -0.2) is 17.3 Å². The molecule has 3 N–H and O–H groups in total. The van der Waals surface area contributed by atoms with E-state index < -0.39 is 23.9 Å². The van der Waals surface area contributed by atoms with Crippen molar-refractivity contribution in [2.24, 2.45) is 16.0 Å². The molecule has 1 aromatic carbocycles. The van der Waals surface area contributed by atoms with Crippen LogP contribution in [0.1, 0.15) is 23.6 Å². The van der Waals surface area contributed by atoms with E-state index in [9.17, 15) is 18.0 Å². The second kappa shape index (κ2) is 4.30. The summed E-state index contributed by atoms with van der Waals surface area (Å²) in [5.41, 5.74) is 3.26. The highest BCUT2D eigenvalue weighted by molar-refractivity contribution is 5.67. The zero-order chi connectivity index (χ0) is 14.3. The summed E-state index contributed by atoms with van der Waals surface area (Å²) >= 11 is 0. The number of nitrogens with zero attached hydrogens (tertiary/aromatic N) is 2. The number of carboxylic acids is 1. The number of halogens is 3. The van der Waals surface area contributed by atoms with Gasteiger partial charge in [-0.1, -0.05) is 18.2 Å². The number of hydrogen-bond donors (Lipinski definition) is 2. The zero-order valence-electron chi connectivity index (χ0n) is 9.55. The van der Waals surface area contributed by atoms with Crippen LogP contribution in [0.15, 0.2) is 34.5 Å². The van der Waals surface area contributed by atoms with Crippen molar-refractivity contribution >= 4 is 5.97 Å². The fourth-order valence-corrected chi connectivity index (χ4v) is 1.73. The zero-order valence-corrected chi connectivity index (χ0v) is 9.55. The molecule has 19 heavy (non-hydrogen) atoms. The molecule has 2 rings (SSSR count). The standard InChI is InChI=1S/C11H10F3N3O2/c12-11(13,14)10(16-17-10)7-3-1-2-6(4-7)8(15)5-9(18)19/h1-4,8H,5,15H2,(H,18,19)/t8-/m1/s1. The van der Waals surface area contributed by atoms with Crippen LogP contribution in [0.3, 0.4) is 0 Å². The van der Waals surface area contributed by atoms with E-state index in [-0.39, 0.29) is 12.0 Å². The first-order valence-corrected chi connectivity index (χ1v) is 5.35. The maximum absolute atomic E-state index is 12.8. The van der Waals surface area contributed by atoms with Crippen molar-refractivity contribution in [2.75, 3.05) is 0 Å². The molecule has 0 spiro atoms. The fraction of sp³-hybridized carbons (Fsp3) is 0.364. The molecule has 0 unspecified atom stereocenters. The molecule has 5 nitrogen and oxygen atoms in total. The van der Waals surface area contributed by atoms with Crippen LogP contribution < -0.4 is 5.73 Å². The van der Waals surface area contributed by atoms with Gasteiger partial charge >= 0.3 is 17.8 Å². The lowest BCUT2D eigenvalue weighted by molar-refractivity contribution is -0.166. The van der Waals surface area contributed by atoms with Crippen LogP contribution in [0.2, 0.25) is 0 Å². The van der Waals surface area contributed by atoms with Crippen molar-refractivity contribution in [1.29, 1.82) is 0 Å². The molecular weight excluding hydrogens is 263 g/mol. The van der Waals surface area contributed by atoms with Gasteiger partial charge < -0.3 is 10.8 Å². The molecule has 0 radical (unpaired) electrons. The van der Waals surface area contributed by atoms with Gasteiger partial charge in [-0.2, -0.15) is 13.2 Å². The van der Waals surface area contributed by atoms with Gasteiger partial charge in [0.05, 0.1) is 6.42 Å². The number of benzene rings is 1. The highest BCUT2D eigenvalue weighted by Crippen LogP contribution is 2.52. The van der Waals surface area contributed by atoms with Crippen LogP contribution in [-0.2, 0) is 10.5 Å². The van der Waals surface area contributed by atoms with Crippen molar-refractivity contribution in [3.8, 4) is 0 Å². The predicted molar refractivity (Wildman–Crippen MR) is 58.2 cm³/mol. The molecule has 1 aromatic rings. The summed E-state index contributed by atoms with van der Waals surface area (Å²) in [4.78, 5) is 10.5. The molecule has 0 bridgehead atoms. The summed E-state index contributed by atoms with van der Waals surface area (Å²) in [5.74, 6) is -1.12. The minimum absolute atomic E-state index is 0.154. The second-order valence-corrected chi connectivity index (χ2v) is 4.20. The number of rotatable bonds is 4. The normalized spacial score (nSPS) is 18.1. The quantitative estimate of drug-likeness (QED) is 0.882. The topological polar surface area (TPSA) is 88.0 Å². The molecule has 0 fully saturated rings. The molecule has 1 aliphatic heterocycles. The number of hydrogen-bond acceptors (Lipinski definition) is 4. The highest BCUT2D eigenvalue weighted by Gasteiger charge is 2.65. The smallest absolute Gasteiger partial charge is 0.442 e. The summed E-state index contributed by atoms with van der Waals surface area (Å²) in [7, 11) is 0. The third-order valence-corrected chi connectivity index (χ3v) is 2.81. The molecule has 0 saturated heterocycles. The largest absolute Gasteiger partial charge is 0.481 e. The Hall–Kier alpha value is -1.96. The van der Waals surface area contributed by atoms with Crippen LogP contribution in [0.25, 0.3) is 0 Å². The van der Waals surface area contributed by atoms with Gasteiger partial charge in [0, 0.05) is 11.6 Å². The van der Waals surface area contributed by atoms with E-state index >= 15 is 0 Å². The van der Waals surface area contributed by atoms with Crippen LogP contribution in [0, 0.1) is 0 Å². The lowest BCUT2D eigenvalue weighted by Crippen LogP contribution is -2.30. The number of carboxylic acid groups (broad SMARTS) is 1. The van der Waals surface area contributed by atoms with Crippen molar-refractivity contribution in [2.45, 2.75) is 24.3 Å². The minimum atomic E-state index is -4.61. The molecule has 0 saturated carbocycles. The Kier molecular flexibility index (Phi) is 3.05. The van der Waals surface area contributed by atoms with E-state index in [1.807, 2.05) is 0 Å². The molecule has 1 atom stereocenters. The molecule has 0 amide bonds. The third-order valence-electron chi connectivity index (χ3n) is 2.81. The monoisotopic (exact) mass is 273 g/mol. The fourth-order valence-electron chi connectivity index (χ4n) is 1.73. The number of nitrogens with two attached hydrogens (primary N) is 1.